The Bertz CT molecular complexity index is 142. The Kier molecular flexibility index (Phi) is 2.75. The molecule has 2 fully saturated rings. The van der Waals surface area contributed by atoms with E-state index in [1.807, 2.05) is 0 Å². The number of hydrogen-bond donors (Lipinski definition) is 1. The third-order valence-corrected chi connectivity index (χ3v) is 4.71. The Morgan fingerprint density at radius 2 is 1.58 bits per heavy atom. The van der Waals surface area contributed by atoms with Gasteiger partial charge in [-0.1, -0.05) is 28.8 Å². The molecule has 0 aromatic rings. The van der Waals surface area contributed by atoms with E-state index >= 15 is 0 Å². The quantitative estimate of drug-likeness (QED) is 0.638. The standard InChI is InChI=1S/C10H17BrO/c11-9-5-6-10(12)8-4-2-1-3-7(8)9/h7-10,12H,1-6H2/t7?,8?,9-,10-/m1/s1. The van der Waals surface area contributed by atoms with Gasteiger partial charge in [0.1, 0.15) is 0 Å². The molecule has 1 nitrogen and oxygen atoms in total. The molecular weight excluding hydrogens is 216 g/mol. The van der Waals surface area contributed by atoms with Gasteiger partial charge >= 0.3 is 0 Å². The van der Waals surface area contributed by atoms with Crippen LogP contribution in [-0.4, -0.2) is 16.0 Å². The van der Waals surface area contributed by atoms with Crippen LogP contribution in [-0.2, 0) is 0 Å². The summed E-state index contributed by atoms with van der Waals surface area (Å²) in [6.07, 6.45) is 7.47. The molecule has 12 heavy (non-hydrogen) atoms. The Balaban J connectivity index is 2.05. The van der Waals surface area contributed by atoms with Crippen LogP contribution in [0.1, 0.15) is 38.5 Å². The Labute approximate surface area is 82.7 Å². The van der Waals surface area contributed by atoms with E-state index in [4.69, 9.17) is 0 Å². The predicted molar refractivity (Wildman–Crippen MR) is 53.4 cm³/mol. The monoisotopic (exact) mass is 232 g/mol. The zero-order chi connectivity index (χ0) is 8.55. The number of aliphatic hydroxyl groups excluding tert-OH is 1. The third kappa shape index (κ3) is 1.56. The summed E-state index contributed by atoms with van der Waals surface area (Å²) < 4.78 is 0. The Morgan fingerprint density at radius 3 is 2.25 bits per heavy atom. The maximum atomic E-state index is 9.80. The number of fused-ring (bicyclic) bond motifs is 1. The van der Waals surface area contributed by atoms with Crippen molar-refractivity contribution in [3.05, 3.63) is 0 Å². The first-order valence-corrected chi connectivity index (χ1v) is 6.03. The second-order valence-corrected chi connectivity index (χ2v) is 5.45. The van der Waals surface area contributed by atoms with Crippen molar-refractivity contribution >= 4 is 15.9 Å². The van der Waals surface area contributed by atoms with E-state index in [1.165, 1.54) is 32.1 Å². The van der Waals surface area contributed by atoms with Crippen LogP contribution >= 0.6 is 15.9 Å². The van der Waals surface area contributed by atoms with Gasteiger partial charge in [-0.3, -0.25) is 0 Å². The van der Waals surface area contributed by atoms with Crippen LogP contribution in [0.3, 0.4) is 0 Å². The summed E-state index contributed by atoms with van der Waals surface area (Å²) in [5.41, 5.74) is 0. The van der Waals surface area contributed by atoms with Gasteiger partial charge in [-0.15, -0.1) is 0 Å². The van der Waals surface area contributed by atoms with Crippen LogP contribution in [0.15, 0.2) is 0 Å². The molecule has 0 bridgehead atoms. The smallest absolute Gasteiger partial charge is 0.0571 e. The van der Waals surface area contributed by atoms with Gasteiger partial charge < -0.3 is 5.11 Å². The van der Waals surface area contributed by atoms with Crippen LogP contribution in [0, 0.1) is 11.8 Å². The maximum Gasteiger partial charge on any atom is 0.0571 e. The summed E-state index contributed by atoms with van der Waals surface area (Å²) in [6, 6.07) is 0. The van der Waals surface area contributed by atoms with Crippen LogP contribution < -0.4 is 0 Å². The fourth-order valence-electron chi connectivity index (χ4n) is 2.87. The van der Waals surface area contributed by atoms with Crippen molar-refractivity contribution in [3.8, 4) is 0 Å². The molecule has 0 saturated heterocycles. The van der Waals surface area contributed by atoms with Crippen molar-refractivity contribution in [3.63, 3.8) is 0 Å². The number of halogens is 1. The van der Waals surface area contributed by atoms with Crippen LogP contribution in [0.25, 0.3) is 0 Å². The highest BCUT2D eigenvalue weighted by Gasteiger charge is 2.38. The van der Waals surface area contributed by atoms with Crippen molar-refractivity contribution < 1.29 is 5.11 Å². The van der Waals surface area contributed by atoms with E-state index in [0.29, 0.717) is 10.7 Å². The van der Waals surface area contributed by atoms with E-state index in [9.17, 15) is 5.11 Å². The molecule has 0 spiro atoms. The summed E-state index contributed by atoms with van der Waals surface area (Å²) in [5.74, 6) is 1.37. The van der Waals surface area contributed by atoms with E-state index in [0.717, 1.165) is 12.3 Å². The first-order valence-electron chi connectivity index (χ1n) is 5.11. The highest BCUT2D eigenvalue weighted by molar-refractivity contribution is 9.09. The summed E-state index contributed by atoms with van der Waals surface area (Å²) >= 11 is 3.75. The molecule has 70 valence electrons. The molecule has 0 aliphatic heterocycles. The molecule has 1 N–H and O–H groups in total. The second kappa shape index (κ2) is 3.67. The summed E-state index contributed by atoms with van der Waals surface area (Å²) in [4.78, 5) is 0.686. The van der Waals surface area contributed by atoms with Crippen LogP contribution in [0.4, 0.5) is 0 Å². The average Bonchev–Trinajstić information content (AvgIpc) is 2.12. The number of alkyl halides is 1. The van der Waals surface area contributed by atoms with Gasteiger partial charge in [0.05, 0.1) is 6.10 Å². The SMILES string of the molecule is O[C@@H]1CC[C@@H](Br)C2CCCCC21. The minimum Gasteiger partial charge on any atom is -0.393 e. The van der Waals surface area contributed by atoms with E-state index in [1.54, 1.807) is 0 Å². The Hall–Kier alpha value is 0.440. The lowest BCUT2D eigenvalue weighted by molar-refractivity contribution is 0.0150. The second-order valence-electron chi connectivity index (χ2n) is 4.27. The molecule has 2 saturated carbocycles. The minimum absolute atomic E-state index is 0.00380. The van der Waals surface area contributed by atoms with Crippen LogP contribution in [0.2, 0.25) is 0 Å². The highest BCUT2D eigenvalue weighted by Crippen LogP contribution is 2.43. The maximum absolute atomic E-state index is 9.80. The fourth-order valence-corrected chi connectivity index (χ4v) is 3.79. The van der Waals surface area contributed by atoms with Gasteiger partial charge in [0, 0.05) is 4.83 Å². The third-order valence-electron chi connectivity index (χ3n) is 3.57. The van der Waals surface area contributed by atoms with Gasteiger partial charge in [-0.05, 0) is 37.5 Å². The predicted octanol–water partition coefficient (Wildman–Crippen LogP) is 2.71. The molecule has 2 aliphatic rings. The number of aliphatic hydroxyl groups is 1. The Morgan fingerprint density at radius 1 is 0.917 bits per heavy atom. The molecule has 2 rings (SSSR count). The molecule has 4 atom stereocenters. The molecule has 0 amide bonds. The topological polar surface area (TPSA) is 20.2 Å². The van der Waals surface area contributed by atoms with Gasteiger partial charge in [-0.2, -0.15) is 0 Å². The number of rotatable bonds is 0. The summed E-state index contributed by atoms with van der Waals surface area (Å²) in [7, 11) is 0. The van der Waals surface area contributed by atoms with E-state index < -0.39 is 0 Å². The lowest BCUT2D eigenvalue weighted by Crippen LogP contribution is -2.40. The summed E-state index contributed by atoms with van der Waals surface area (Å²) in [5, 5.41) is 9.80. The summed E-state index contributed by atoms with van der Waals surface area (Å²) in [6.45, 7) is 0. The van der Waals surface area contributed by atoms with Crippen molar-refractivity contribution in [2.24, 2.45) is 11.8 Å². The minimum atomic E-state index is 0.00380. The zero-order valence-electron chi connectivity index (χ0n) is 7.38. The van der Waals surface area contributed by atoms with Crippen molar-refractivity contribution in [1.29, 1.82) is 0 Å². The molecular formula is C10H17BrO. The highest BCUT2D eigenvalue weighted by atomic mass is 79.9. The molecule has 2 heteroatoms. The molecule has 0 heterocycles. The molecule has 0 aromatic heterocycles. The van der Waals surface area contributed by atoms with Crippen molar-refractivity contribution in [2.45, 2.75) is 49.5 Å². The van der Waals surface area contributed by atoms with Gasteiger partial charge in [0.2, 0.25) is 0 Å². The molecule has 2 aliphatic carbocycles. The van der Waals surface area contributed by atoms with E-state index in [2.05, 4.69) is 15.9 Å². The first kappa shape index (κ1) is 9.01. The average molecular weight is 233 g/mol. The molecule has 0 radical (unpaired) electrons. The van der Waals surface area contributed by atoms with E-state index in [-0.39, 0.29) is 6.10 Å². The molecule has 0 aromatic carbocycles. The van der Waals surface area contributed by atoms with Gasteiger partial charge in [0.25, 0.3) is 0 Å². The largest absolute Gasteiger partial charge is 0.393 e. The lowest BCUT2D eigenvalue weighted by atomic mass is 9.69. The first-order chi connectivity index (χ1) is 5.79. The molecule has 2 unspecified atom stereocenters. The fraction of sp³-hybridized carbons (Fsp3) is 1.00. The zero-order valence-corrected chi connectivity index (χ0v) is 8.96. The normalized spacial score (nSPS) is 48.5. The lowest BCUT2D eigenvalue weighted by Gasteiger charge is -2.42. The van der Waals surface area contributed by atoms with Gasteiger partial charge in [-0.25, -0.2) is 0 Å². The van der Waals surface area contributed by atoms with Gasteiger partial charge in [0.15, 0.2) is 0 Å². The number of hydrogen-bond acceptors (Lipinski definition) is 1. The van der Waals surface area contributed by atoms with Crippen LogP contribution in [0.5, 0.6) is 0 Å². The van der Waals surface area contributed by atoms with Crippen molar-refractivity contribution in [2.75, 3.05) is 0 Å². The van der Waals surface area contributed by atoms with Crippen molar-refractivity contribution in [1.82, 2.24) is 0 Å².